The molecular weight excluding hydrogens is 280 g/mol. The number of carbonyl (C=O) groups excluding carboxylic acids is 1. The molecule has 0 aliphatic carbocycles. The maximum absolute atomic E-state index is 12.5. The van der Waals surface area contributed by atoms with Crippen molar-refractivity contribution >= 4 is 5.91 Å². The Labute approximate surface area is 131 Å². The van der Waals surface area contributed by atoms with Gasteiger partial charge < -0.3 is 15.3 Å². The van der Waals surface area contributed by atoms with Crippen LogP contribution in [0.25, 0.3) is 0 Å². The van der Waals surface area contributed by atoms with Crippen molar-refractivity contribution < 1.29 is 9.90 Å². The van der Waals surface area contributed by atoms with E-state index >= 15 is 0 Å². The van der Waals surface area contributed by atoms with E-state index in [4.69, 9.17) is 0 Å². The highest BCUT2D eigenvalue weighted by atomic mass is 16.3. The number of hydrogen-bond donors (Lipinski definition) is 2. The number of carbonyl (C=O) groups is 1. The van der Waals surface area contributed by atoms with Gasteiger partial charge in [0.2, 0.25) is 5.91 Å². The largest absolute Gasteiger partial charge is 0.396 e. The summed E-state index contributed by atoms with van der Waals surface area (Å²) < 4.78 is 1.87. The molecule has 1 atom stereocenters. The lowest BCUT2D eigenvalue weighted by molar-refractivity contribution is -0.133. The zero-order valence-electron chi connectivity index (χ0n) is 13.1. The molecule has 6 heteroatoms. The summed E-state index contributed by atoms with van der Waals surface area (Å²) in [5.74, 6) is 0.965. The fourth-order valence-electron chi connectivity index (χ4n) is 3.52. The minimum atomic E-state index is 0.144. The van der Waals surface area contributed by atoms with Crippen molar-refractivity contribution in [2.75, 3.05) is 32.8 Å². The van der Waals surface area contributed by atoms with Crippen LogP contribution in [-0.2, 0) is 11.3 Å². The van der Waals surface area contributed by atoms with Gasteiger partial charge in [0.25, 0.3) is 0 Å². The quantitative estimate of drug-likeness (QED) is 0.854. The summed E-state index contributed by atoms with van der Waals surface area (Å²) in [6.07, 6.45) is 5.95. The van der Waals surface area contributed by atoms with E-state index in [1.165, 1.54) is 12.1 Å². The van der Waals surface area contributed by atoms with Gasteiger partial charge in [-0.15, -0.1) is 0 Å². The smallest absolute Gasteiger partial charge is 0.244 e. The molecule has 1 amide bonds. The van der Waals surface area contributed by atoms with Crippen LogP contribution in [-0.4, -0.2) is 58.5 Å². The summed E-state index contributed by atoms with van der Waals surface area (Å²) in [6.45, 7) is 4.14. The first kappa shape index (κ1) is 15.5. The van der Waals surface area contributed by atoms with E-state index < -0.39 is 0 Å². The minimum Gasteiger partial charge on any atom is -0.396 e. The van der Waals surface area contributed by atoms with Crippen molar-refractivity contribution in [2.45, 2.75) is 38.1 Å². The summed E-state index contributed by atoms with van der Waals surface area (Å²) in [7, 11) is 0. The van der Waals surface area contributed by atoms with Gasteiger partial charge in [-0.05, 0) is 44.2 Å². The molecule has 3 heterocycles. The summed E-state index contributed by atoms with van der Waals surface area (Å²) >= 11 is 0. The molecule has 6 nitrogen and oxygen atoms in total. The van der Waals surface area contributed by atoms with Crippen molar-refractivity contribution in [3.63, 3.8) is 0 Å². The van der Waals surface area contributed by atoms with E-state index in [-0.39, 0.29) is 12.5 Å². The van der Waals surface area contributed by atoms with Gasteiger partial charge in [0.1, 0.15) is 6.54 Å². The van der Waals surface area contributed by atoms with Crippen LogP contribution in [0.3, 0.4) is 0 Å². The number of rotatable bonds is 4. The van der Waals surface area contributed by atoms with E-state index in [0.29, 0.717) is 18.4 Å². The Morgan fingerprint density at radius 2 is 2.18 bits per heavy atom. The zero-order valence-corrected chi connectivity index (χ0v) is 13.1. The standard InChI is InChI=1S/C16H26N4O2/c21-12-13-4-8-19(9-5-13)16(22)11-20-15(3-7-18-20)14-2-1-6-17-10-14/h3,7,13-14,17,21H,1-2,4-6,8-12H2/t14-/m0/s1. The van der Waals surface area contributed by atoms with Gasteiger partial charge in [-0.1, -0.05) is 0 Å². The van der Waals surface area contributed by atoms with Gasteiger partial charge in [0, 0.05) is 44.0 Å². The Morgan fingerprint density at radius 1 is 1.36 bits per heavy atom. The summed E-state index contributed by atoms with van der Waals surface area (Å²) in [5, 5.41) is 17.0. The number of nitrogens with one attached hydrogen (secondary N) is 1. The lowest BCUT2D eigenvalue weighted by Crippen LogP contribution is -2.41. The highest BCUT2D eigenvalue weighted by Crippen LogP contribution is 2.23. The van der Waals surface area contributed by atoms with Crippen LogP contribution in [0, 0.1) is 5.92 Å². The molecule has 0 bridgehead atoms. The van der Waals surface area contributed by atoms with Gasteiger partial charge in [-0.3, -0.25) is 9.48 Å². The Balaban J connectivity index is 1.59. The Bertz CT molecular complexity index is 488. The van der Waals surface area contributed by atoms with Crippen molar-refractivity contribution in [2.24, 2.45) is 5.92 Å². The number of nitrogens with zero attached hydrogens (tertiary/aromatic N) is 3. The third-order valence-electron chi connectivity index (χ3n) is 4.98. The van der Waals surface area contributed by atoms with Crippen molar-refractivity contribution in [1.29, 1.82) is 0 Å². The minimum absolute atomic E-state index is 0.144. The van der Waals surface area contributed by atoms with Gasteiger partial charge in [-0.25, -0.2) is 0 Å². The highest BCUT2D eigenvalue weighted by molar-refractivity contribution is 5.76. The van der Waals surface area contributed by atoms with E-state index in [0.717, 1.165) is 45.4 Å². The maximum atomic E-state index is 12.5. The molecular formula is C16H26N4O2. The molecule has 2 aliphatic heterocycles. The molecule has 0 spiro atoms. The van der Waals surface area contributed by atoms with E-state index in [1.54, 1.807) is 6.20 Å². The summed E-state index contributed by atoms with van der Waals surface area (Å²) in [4.78, 5) is 14.4. The molecule has 122 valence electrons. The Hall–Kier alpha value is -1.40. The molecule has 1 aromatic rings. The maximum Gasteiger partial charge on any atom is 0.244 e. The number of aromatic nitrogens is 2. The monoisotopic (exact) mass is 306 g/mol. The molecule has 2 saturated heterocycles. The SMILES string of the molecule is O=C(Cn1nccc1[C@H]1CCCNC1)N1CCC(CO)CC1. The van der Waals surface area contributed by atoms with Gasteiger partial charge >= 0.3 is 0 Å². The molecule has 2 fully saturated rings. The second-order valence-electron chi connectivity index (χ2n) is 6.46. The third-order valence-corrected chi connectivity index (χ3v) is 4.98. The van der Waals surface area contributed by atoms with Gasteiger partial charge in [0.15, 0.2) is 0 Å². The summed E-state index contributed by atoms with van der Waals surface area (Å²) in [5.41, 5.74) is 1.17. The number of likely N-dealkylation sites (tertiary alicyclic amines) is 1. The molecule has 0 aromatic carbocycles. The predicted molar refractivity (Wildman–Crippen MR) is 83.5 cm³/mol. The van der Waals surface area contributed by atoms with Crippen LogP contribution < -0.4 is 5.32 Å². The number of piperidine rings is 2. The van der Waals surface area contributed by atoms with Crippen LogP contribution >= 0.6 is 0 Å². The van der Waals surface area contributed by atoms with Gasteiger partial charge in [0.05, 0.1) is 0 Å². The lowest BCUT2D eigenvalue weighted by atomic mass is 9.96. The topological polar surface area (TPSA) is 70.4 Å². The third kappa shape index (κ3) is 3.50. The first-order valence-corrected chi connectivity index (χ1v) is 8.39. The number of aliphatic hydroxyl groups excluding tert-OH is 1. The Morgan fingerprint density at radius 3 is 2.86 bits per heavy atom. The molecule has 2 N–H and O–H groups in total. The van der Waals surface area contributed by atoms with Crippen LogP contribution in [0.4, 0.5) is 0 Å². The molecule has 1 aromatic heterocycles. The fourth-order valence-corrected chi connectivity index (χ4v) is 3.52. The van der Waals surface area contributed by atoms with Crippen LogP contribution in [0.15, 0.2) is 12.3 Å². The molecule has 0 saturated carbocycles. The average molecular weight is 306 g/mol. The predicted octanol–water partition coefficient (Wildman–Crippen LogP) is 0.581. The van der Waals surface area contributed by atoms with Crippen LogP contribution in [0.1, 0.15) is 37.3 Å². The normalized spacial score (nSPS) is 23.7. The van der Waals surface area contributed by atoms with Crippen molar-refractivity contribution in [3.8, 4) is 0 Å². The second-order valence-corrected chi connectivity index (χ2v) is 6.46. The van der Waals surface area contributed by atoms with E-state index in [9.17, 15) is 9.90 Å². The fraction of sp³-hybridized carbons (Fsp3) is 0.750. The summed E-state index contributed by atoms with van der Waals surface area (Å²) in [6, 6.07) is 2.04. The van der Waals surface area contributed by atoms with Crippen LogP contribution in [0.5, 0.6) is 0 Å². The molecule has 22 heavy (non-hydrogen) atoms. The van der Waals surface area contributed by atoms with E-state index in [2.05, 4.69) is 10.4 Å². The van der Waals surface area contributed by atoms with Crippen LogP contribution in [0.2, 0.25) is 0 Å². The number of aliphatic hydroxyl groups is 1. The Kier molecular flexibility index (Phi) is 5.10. The molecule has 2 aliphatic rings. The highest BCUT2D eigenvalue weighted by Gasteiger charge is 2.24. The zero-order chi connectivity index (χ0) is 15.4. The molecule has 3 rings (SSSR count). The number of hydrogen-bond acceptors (Lipinski definition) is 4. The second kappa shape index (κ2) is 7.24. The van der Waals surface area contributed by atoms with Gasteiger partial charge in [-0.2, -0.15) is 5.10 Å². The van der Waals surface area contributed by atoms with E-state index in [1.807, 2.05) is 15.6 Å². The first-order chi connectivity index (χ1) is 10.8. The number of amides is 1. The van der Waals surface area contributed by atoms with Crippen molar-refractivity contribution in [3.05, 3.63) is 18.0 Å². The first-order valence-electron chi connectivity index (χ1n) is 8.39. The molecule has 0 radical (unpaired) electrons. The van der Waals surface area contributed by atoms with Crippen molar-refractivity contribution in [1.82, 2.24) is 20.0 Å². The lowest BCUT2D eigenvalue weighted by Gasteiger charge is -2.31. The molecule has 0 unspecified atom stereocenters. The average Bonchev–Trinajstić information content (AvgIpc) is 3.04.